The van der Waals surface area contributed by atoms with Crippen LogP contribution in [0, 0.1) is 46.3 Å². The molecule has 0 amide bonds. The lowest BCUT2D eigenvalue weighted by molar-refractivity contribution is -0.146. The lowest BCUT2D eigenvalue weighted by Crippen LogP contribution is -2.51. The van der Waals surface area contributed by atoms with Crippen molar-refractivity contribution in [3.05, 3.63) is 17.2 Å². The summed E-state index contributed by atoms with van der Waals surface area (Å²) in [5.74, 6) is 4.52. The Morgan fingerprint density at radius 1 is 1.15 bits per heavy atom. The van der Waals surface area contributed by atoms with Crippen molar-refractivity contribution >= 4 is 12.2 Å². The summed E-state index contributed by atoms with van der Waals surface area (Å²) in [5.41, 5.74) is 10.9. The average Bonchev–Trinajstić information content (AvgIpc) is 3.11. The van der Waals surface area contributed by atoms with Gasteiger partial charge in [-0.2, -0.15) is 4.79 Å². The van der Waals surface area contributed by atoms with Gasteiger partial charge < -0.3 is 10.3 Å². The zero-order valence-corrected chi connectivity index (χ0v) is 21.7. The van der Waals surface area contributed by atoms with Gasteiger partial charge in [0.15, 0.2) is 0 Å². The number of allylic oxidation sites excluding steroid dienone is 1. The summed E-state index contributed by atoms with van der Waals surface area (Å²) in [5, 5.41) is 0. The second kappa shape index (κ2) is 9.68. The van der Waals surface area contributed by atoms with Crippen molar-refractivity contribution in [2.75, 3.05) is 0 Å². The second-order valence-electron chi connectivity index (χ2n) is 12.8. The van der Waals surface area contributed by atoms with Gasteiger partial charge in [0.2, 0.25) is 0 Å². The molecule has 4 aliphatic rings. The molecular formula is C29H46N2O2. The third-order valence-corrected chi connectivity index (χ3v) is 10.7. The molecule has 0 aliphatic heterocycles. The Kier molecular flexibility index (Phi) is 7.25. The highest BCUT2D eigenvalue weighted by Crippen LogP contribution is 2.67. The highest BCUT2D eigenvalue weighted by atomic mass is 16.5. The first-order chi connectivity index (χ1) is 15.7. The van der Waals surface area contributed by atoms with Crippen molar-refractivity contribution in [2.24, 2.45) is 46.3 Å². The van der Waals surface area contributed by atoms with Gasteiger partial charge in [-0.05, 0) is 91.3 Å². The van der Waals surface area contributed by atoms with Crippen LogP contribution in [0.2, 0.25) is 0 Å². The summed E-state index contributed by atoms with van der Waals surface area (Å²) in [4.78, 5) is 14.6. The van der Waals surface area contributed by atoms with Gasteiger partial charge in [0.1, 0.15) is 6.10 Å². The van der Waals surface area contributed by atoms with Crippen LogP contribution in [-0.2, 0) is 9.53 Å². The maximum absolute atomic E-state index is 11.8. The molecule has 4 aliphatic carbocycles. The SMILES string of the molecule is CC(C)CCC[C@@H](C)[C@H]1CC[C@H]2[C@@H]3CC=C4C[C@@H](OC(=O)C=[N+]=[N-])CC[C@]4(C)[C@H]3CC[C@]12C. The van der Waals surface area contributed by atoms with Gasteiger partial charge in [-0.25, -0.2) is 4.79 Å². The Morgan fingerprint density at radius 3 is 2.67 bits per heavy atom. The molecule has 4 rings (SSSR count). The molecule has 0 aromatic carbocycles. The maximum atomic E-state index is 11.8. The molecule has 184 valence electrons. The summed E-state index contributed by atoms with van der Waals surface area (Å²) < 4.78 is 5.55. The van der Waals surface area contributed by atoms with E-state index in [1.54, 1.807) is 0 Å². The molecule has 0 spiro atoms. The predicted molar refractivity (Wildman–Crippen MR) is 133 cm³/mol. The Morgan fingerprint density at radius 2 is 1.94 bits per heavy atom. The molecule has 0 N–H and O–H groups in total. The van der Waals surface area contributed by atoms with Gasteiger partial charge in [0.25, 0.3) is 0 Å². The van der Waals surface area contributed by atoms with Crippen LogP contribution < -0.4 is 0 Å². The van der Waals surface area contributed by atoms with E-state index in [1.165, 1.54) is 56.9 Å². The quantitative estimate of drug-likeness (QED) is 0.134. The number of hydrogen-bond acceptors (Lipinski definition) is 2. The molecule has 0 heterocycles. The van der Waals surface area contributed by atoms with E-state index in [4.69, 9.17) is 10.3 Å². The van der Waals surface area contributed by atoms with Crippen LogP contribution in [0.25, 0.3) is 5.53 Å². The minimum absolute atomic E-state index is 0.0808. The van der Waals surface area contributed by atoms with Crippen LogP contribution >= 0.6 is 0 Å². The number of rotatable bonds is 7. The Hall–Kier alpha value is -1.41. The highest BCUT2D eigenvalue weighted by Gasteiger charge is 2.59. The molecule has 0 saturated heterocycles. The van der Waals surface area contributed by atoms with Crippen LogP contribution in [0.1, 0.15) is 105 Å². The summed E-state index contributed by atoms with van der Waals surface area (Å²) in [6.45, 7) is 12.4. The number of esters is 1. The van der Waals surface area contributed by atoms with Crippen LogP contribution in [0.4, 0.5) is 0 Å². The summed E-state index contributed by atoms with van der Waals surface area (Å²) in [7, 11) is 0. The fraction of sp³-hybridized carbons (Fsp3) is 0.862. The maximum Gasteiger partial charge on any atom is 0.413 e. The second-order valence-corrected chi connectivity index (χ2v) is 12.8. The predicted octanol–water partition coefficient (Wildman–Crippen LogP) is 7.24. The highest BCUT2D eigenvalue weighted by molar-refractivity contribution is 6.20. The minimum atomic E-state index is -0.534. The van der Waals surface area contributed by atoms with Crippen molar-refractivity contribution in [1.29, 1.82) is 0 Å². The molecule has 33 heavy (non-hydrogen) atoms. The summed E-state index contributed by atoms with van der Waals surface area (Å²) in [6.07, 6.45) is 17.2. The van der Waals surface area contributed by atoms with E-state index in [0.29, 0.717) is 5.41 Å². The van der Waals surface area contributed by atoms with Crippen LogP contribution in [0.5, 0.6) is 0 Å². The van der Waals surface area contributed by atoms with Crippen molar-refractivity contribution in [2.45, 2.75) is 111 Å². The van der Waals surface area contributed by atoms with Crippen molar-refractivity contribution < 1.29 is 14.3 Å². The largest absolute Gasteiger partial charge is 0.454 e. The minimum Gasteiger partial charge on any atom is -0.454 e. The summed E-state index contributed by atoms with van der Waals surface area (Å²) >= 11 is 0. The number of carbonyl (C=O) groups excluding carboxylic acids is 1. The first kappa shape index (κ1) is 24.7. The van der Waals surface area contributed by atoms with E-state index in [1.807, 2.05) is 0 Å². The van der Waals surface area contributed by atoms with Gasteiger partial charge in [0.05, 0.1) is 0 Å². The van der Waals surface area contributed by atoms with E-state index in [0.717, 1.165) is 61.0 Å². The number of carbonyl (C=O) groups is 1. The number of nitrogens with zero attached hydrogens (tertiary/aromatic N) is 2. The van der Waals surface area contributed by atoms with Gasteiger partial charge in [-0.3, -0.25) is 0 Å². The fourth-order valence-electron chi connectivity index (χ4n) is 8.99. The van der Waals surface area contributed by atoms with Crippen molar-refractivity contribution in [3.63, 3.8) is 0 Å². The van der Waals surface area contributed by atoms with Gasteiger partial charge in [-0.1, -0.05) is 65.5 Å². The molecule has 0 bridgehead atoms. The third-order valence-electron chi connectivity index (χ3n) is 10.7. The lowest BCUT2D eigenvalue weighted by atomic mass is 9.47. The monoisotopic (exact) mass is 454 g/mol. The zero-order chi connectivity index (χ0) is 23.8. The van der Waals surface area contributed by atoms with E-state index in [-0.39, 0.29) is 11.5 Å². The average molecular weight is 455 g/mol. The van der Waals surface area contributed by atoms with E-state index in [2.05, 4.69) is 45.5 Å². The third kappa shape index (κ3) is 4.62. The first-order valence-electron chi connectivity index (χ1n) is 13.8. The van der Waals surface area contributed by atoms with E-state index in [9.17, 15) is 4.79 Å². The Balaban J connectivity index is 1.45. The number of hydrogen-bond donors (Lipinski definition) is 0. The molecule has 8 atom stereocenters. The van der Waals surface area contributed by atoms with Crippen molar-refractivity contribution in [3.8, 4) is 0 Å². The van der Waals surface area contributed by atoms with E-state index >= 15 is 0 Å². The first-order valence-corrected chi connectivity index (χ1v) is 13.8. The molecule has 0 aromatic heterocycles. The molecule has 4 nitrogen and oxygen atoms in total. The smallest absolute Gasteiger partial charge is 0.413 e. The molecule has 0 radical (unpaired) electrons. The number of ether oxygens (including phenoxy) is 1. The van der Waals surface area contributed by atoms with Gasteiger partial charge in [-0.15, -0.1) is 0 Å². The molecule has 0 unspecified atom stereocenters. The molecular weight excluding hydrogens is 408 g/mol. The van der Waals surface area contributed by atoms with Crippen LogP contribution in [0.3, 0.4) is 0 Å². The van der Waals surface area contributed by atoms with Gasteiger partial charge in [0, 0.05) is 6.42 Å². The zero-order valence-electron chi connectivity index (χ0n) is 21.7. The standard InChI is InChI=1S/C29H46N2O2/c1-19(2)7-6-8-20(3)24-11-12-25-23-10-9-21-17-22(33-27(32)18-31-30)13-15-28(21,4)26(23)14-16-29(24,25)5/h9,18-20,22-26H,6-8,10-17H2,1-5H3/t20-,22+,23+,24-,25+,26+,28+,29-/m1/s1. The number of fused-ring (bicyclic) bond motifs is 5. The van der Waals surface area contributed by atoms with Crippen molar-refractivity contribution in [1.82, 2.24) is 0 Å². The lowest BCUT2D eigenvalue weighted by Gasteiger charge is -2.58. The Bertz CT molecular complexity index is 812. The molecule has 3 saturated carbocycles. The van der Waals surface area contributed by atoms with Crippen LogP contribution in [-0.4, -0.2) is 23.1 Å². The fourth-order valence-corrected chi connectivity index (χ4v) is 8.99. The molecule has 4 heteroatoms. The molecule has 0 aromatic rings. The molecule has 3 fully saturated rings. The Labute approximate surface area is 201 Å². The van der Waals surface area contributed by atoms with Gasteiger partial charge >= 0.3 is 12.2 Å². The van der Waals surface area contributed by atoms with E-state index < -0.39 is 5.97 Å². The normalized spacial score (nSPS) is 40.7. The summed E-state index contributed by atoms with van der Waals surface area (Å²) in [6, 6.07) is 0. The topological polar surface area (TPSA) is 62.7 Å². The van der Waals surface area contributed by atoms with Crippen LogP contribution in [0.15, 0.2) is 11.6 Å².